The highest BCUT2D eigenvalue weighted by Gasteiger charge is 2.40. The number of sulfone groups is 1. The van der Waals surface area contributed by atoms with E-state index in [0.29, 0.717) is 10.6 Å². The normalized spacial score (nSPS) is 21.3. The van der Waals surface area contributed by atoms with Crippen LogP contribution < -0.4 is 0 Å². The maximum atomic E-state index is 14.0. The van der Waals surface area contributed by atoms with Crippen molar-refractivity contribution in [2.24, 2.45) is 0 Å². The number of aromatic nitrogens is 3. The van der Waals surface area contributed by atoms with Crippen LogP contribution in [0.1, 0.15) is 30.0 Å². The third-order valence-corrected chi connectivity index (χ3v) is 4.75. The van der Waals surface area contributed by atoms with E-state index in [1.54, 1.807) is 24.3 Å². The molecule has 0 fully saturated rings. The van der Waals surface area contributed by atoms with Crippen molar-refractivity contribution >= 4 is 21.4 Å². The molecule has 1 aromatic heterocycles. The average Bonchev–Trinajstić information content (AvgIpc) is 3.00. The van der Waals surface area contributed by atoms with Gasteiger partial charge in [-0.1, -0.05) is 23.7 Å². The van der Waals surface area contributed by atoms with Crippen molar-refractivity contribution in [2.75, 3.05) is 0 Å². The van der Waals surface area contributed by atoms with Gasteiger partial charge in [-0.15, -0.1) is 5.10 Å². The topological polar surface area (TPSA) is 64.8 Å². The summed E-state index contributed by atoms with van der Waals surface area (Å²) < 4.78 is 63.0. The van der Waals surface area contributed by atoms with Gasteiger partial charge in [0.05, 0.1) is 6.04 Å². The van der Waals surface area contributed by atoms with Crippen molar-refractivity contribution in [3.05, 3.63) is 40.7 Å². The minimum atomic E-state index is -4.96. The lowest BCUT2D eigenvalue weighted by Crippen LogP contribution is -2.15. The van der Waals surface area contributed by atoms with E-state index in [0.717, 1.165) is 4.68 Å². The lowest BCUT2D eigenvalue weighted by atomic mass is 10.0. The molecule has 0 saturated heterocycles. The fraction of sp³-hybridized carbons (Fsp3) is 0.333. The van der Waals surface area contributed by atoms with E-state index in [2.05, 4.69) is 10.1 Å². The van der Waals surface area contributed by atoms with Crippen LogP contribution in [0.3, 0.4) is 0 Å². The van der Waals surface area contributed by atoms with Crippen molar-refractivity contribution in [3.63, 3.8) is 0 Å². The van der Waals surface area contributed by atoms with E-state index < -0.39 is 33.0 Å². The zero-order valence-electron chi connectivity index (χ0n) is 10.8. The molecule has 2 atom stereocenters. The monoisotopic (exact) mass is 351 g/mol. The summed E-state index contributed by atoms with van der Waals surface area (Å²) in [5.41, 5.74) is 0.597. The molecule has 5 nitrogen and oxygen atoms in total. The maximum Gasteiger partial charge on any atom is 0.344 e. The number of fused-ring (bicyclic) bond motifs is 1. The molecule has 118 valence electrons. The fourth-order valence-electron chi connectivity index (χ4n) is 2.35. The Hall–Kier alpha value is -1.61. The summed E-state index contributed by atoms with van der Waals surface area (Å²) in [5.74, 6) is -3.93. The van der Waals surface area contributed by atoms with E-state index in [-0.39, 0.29) is 12.2 Å². The average molecular weight is 352 g/mol. The first-order chi connectivity index (χ1) is 10.3. The molecule has 0 bridgehead atoms. The number of nitrogens with zero attached hydrogens (tertiary/aromatic N) is 3. The molecule has 0 amide bonds. The van der Waals surface area contributed by atoms with E-state index in [4.69, 9.17) is 11.6 Å². The van der Waals surface area contributed by atoms with Crippen molar-refractivity contribution in [2.45, 2.75) is 29.5 Å². The Morgan fingerprint density at radius 3 is 2.73 bits per heavy atom. The zero-order valence-corrected chi connectivity index (χ0v) is 12.4. The molecule has 2 aromatic rings. The highest BCUT2D eigenvalue weighted by Crippen LogP contribution is 2.40. The molecule has 0 aliphatic carbocycles. The largest absolute Gasteiger partial charge is 0.344 e. The van der Waals surface area contributed by atoms with Gasteiger partial charge in [0, 0.05) is 11.4 Å². The predicted octanol–water partition coefficient (Wildman–Crippen LogP) is 2.93. The first-order valence-corrected chi connectivity index (χ1v) is 8.11. The van der Waals surface area contributed by atoms with Crippen LogP contribution in [0.2, 0.25) is 5.02 Å². The second-order valence-corrected chi connectivity index (χ2v) is 7.02. The van der Waals surface area contributed by atoms with E-state index in [9.17, 15) is 21.6 Å². The summed E-state index contributed by atoms with van der Waals surface area (Å²) in [6.45, 7) is 0. The molecular weight excluding hydrogens is 343 g/mol. The molecule has 0 unspecified atom stereocenters. The van der Waals surface area contributed by atoms with Crippen molar-refractivity contribution < 1.29 is 21.6 Å². The van der Waals surface area contributed by atoms with Crippen molar-refractivity contribution in [1.29, 1.82) is 0 Å². The first kappa shape index (κ1) is 15.3. The standard InChI is InChI=1S/C12H9ClF3N3O2S/c13-7-3-1-2-6(4-7)9-5-8(14)10-17-12(18-19(9)10)22(20,21)11(15)16/h1-4,8-9,11H,5H2/t8-,9-/m0/s1. The molecule has 0 saturated carbocycles. The van der Waals surface area contributed by atoms with Gasteiger partial charge < -0.3 is 0 Å². The first-order valence-electron chi connectivity index (χ1n) is 6.18. The molecule has 0 N–H and O–H groups in total. The number of alkyl halides is 3. The number of halogens is 4. The number of benzene rings is 1. The summed E-state index contributed by atoms with van der Waals surface area (Å²) in [6, 6.07) is 5.88. The summed E-state index contributed by atoms with van der Waals surface area (Å²) in [5, 5.41) is 2.93. The van der Waals surface area contributed by atoms with Gasteiger partial charge in [0.2, 0.25) is 0 Å². The van der Waals surface area contributed by atoms with Gasteiger partial charge in [-0.05, 0) is 17.7 Å². The van der Waals surface area contributed by atoms with Gasteiger partial charge in [-0.25, -0.2) is 17.5 Å². The van der Waals surface area contributed by atoms with Gasteiger partial charge in [-0.2, -0.15) is 13.8 Å². The molecule has 1 aromatic carbocycles. The molecule has 10 heteroatoms. The minimum absolute atomic E-state index is 0.00924. The molecule has 1 aliphatic rings. The highest BCUT2D eigenvalue weighted by molar-refractivity contribution is 7.91. The maximum absolute atomic E-state index is 14.0. The molecule has 2 heterocycles. The quantitative estimate of drug-likeness (QED) is 0.852. The second kappa shape index (κ2) is 5.24. The van der Waals surface area contributed by atoms with Crippen LogP contribution in [0.15, 0.2) is 29.4 Å². The second-order valence-electron chi connectivity index (χ2n) is 4.78. The Kier molecular flexibility index (Phi) is 3.64. The predicted molar refractivity (Wildman–Crippen MR) is 71.3 cm³/mol. The van der Waals surface area contributed by atoms with E-state index >= 15 is 0 Å². The minimum Gasteiger partial charge on any atom is -0.239 e. The Bertz CT molecular complexity index is 825. The van der Waals surface area contributed by atoms with Crippen molar-refractivity contribution in [3.8, 4) is 0 Å². The summed E-state index contributed by atoms with van der Waals surface area (Å²) in [7, 11) is -4.96. The van der Waals surface area contributed by atoms with Gasteiger partial charge in [0.25, 0.3) is 15.0 Å². The van der Waals surface area contributed by atoms with Gasteiger partial charge in [0.1, 0.15) is 0 Å². The van der Waals surface area contributed by atoms with Crippen LogP contribution in [0.5, 0.6) is 0 Å². The van der Waals surface area contributed by atoms with Crippen LogP contribution in [0, 0.1) is 0 Å². The Labute approximate surface area is 128 Å². The van der Waals surface area contributed by atoms with Gasteiger partial charge in [-0.3, -0.25) is 0 Å². The highest BCUT2D eigenvalue weighted by atomic mass is 35.5. The smallest absolute Gasteiger partial charge is 0.239 e. The molecule has 22 heavy (non-hydrogen) atoms. The van der Waals surface area contributed by atoms with Crippen LogP contribution in [0.4, 0.5) is 13.2 Å². The summed E-state index contributed by atoms with van der Waals surface area (Å²) >= 11 is 5.87. The molecule has 1 aliphatic heterocycles. The van der Waals surface area contributed by atoms with Crippen LogP contribution >= 0.6 is 11.6 Å². The van der Waals surface area contributed by atoms with Crippen molar-refractivity contribution in [1.82, 2.24) is 14.8 Å². The van der Waals surface area contributed by atoms with Gasteiger partial charge >= 0.3 is 5.76 Å². The number of hydrogen-bond donors (Lipinski definition) is 0. The number of rotatable bonds is 3. The molecular formula is C12H9ClF3N3O2S. The van der Waals surface area contributed by atoms with Crippen LogP contribution in [0.25, 0.3) is 0 Å². The molecule has 0 radical (unpaired) electrons. The summed E-state index contributed by atoms with van der Waals surface area (Å²) in [4.78, 5) is 3.44. The zero-order chi connectivity index (χ0) is 16.1. The third-order valence-electron chi connectivity index (χ3n) is 3.37. The Morgan fingerprint density at radius 2 is 2.09 bits per heavy atom. The fourth-order valence-corrected chi connectivity index (χ4v) is 3.13. The lowest BCUT2D eigenvalue weighted by Gasteiger charge is -2.11. The Balaban J connectivity index is 2.07. The van der Waals surface area contributed by atoms with E-state index in [1.807, 2.05) is 0 Å². The Morgan fingerprint density at radius 1 is 1.36 bits per heavy atom. The molecule has 0 spiro atoms. The summed E-state index contributed by atoms with van der Waals surface area (Å²) in [6.07, 6.45) is -1.59. The number of hydrogen-bond acceptors (Lipinski definition) is 4. The molecule has 3 rings (SSSR count). The van der Waals surface area contributed by atoms with Gasteiger partial charge in [0.15, 0.2) is 12.0 Å². The lowest BCUT2D eigenvalue weighted by molar-refractivity contribution is 0.233. The van der Waals surface area contributed by atoms with E-state index in [1.165, 1.54) is 0 Å². The SMILES string of the molecule is O=S(=O)(c1nc2n(n1)[C@H](c1cccc(Cl)c1)C[C@@H]2F)C(F)F. The third kappa shape index (κ3) is 2.38. The van der Waals surface area contributed by atoms with Crippen LogP contribution in [-0.4, -0.2) is 28.9 Å². The van der Waals surface area contributed by atoms with Crippen LogP contribution in [-0.2, 0) is 9.84 Å².